The average Bonchev–Trinajstić information content (AvgIpc) is 3.39. The molecule has 0 fully saturated rings. The fourth-order valence-electron chi connectivity index (χ4n) is 3.35. The van der Waals surface area contributed by atoms with Crippen molar-refractivity contribution in [2.75, 3.05) is 6.79 Å². The molecule has 0 radical (unpaired) electrons. The van der Waals surface area contributed by atoms with E-state index in [1.54, 1.807) is 12.4 Å². The molecule has 0 unspecified atom stereocenters. The van der Waals surface area contributed by atoms with Crippen molar-refractivity contribution in [2.24, 2.45) is 5.10 Å². The standard InChI is InChI=1S/C22H17N5O3/c28-21(26-24-12-15-8-9-19-20(11-15)30-14-29-19)13-27-18-7-2-1-5-16(18)25-22(27)17-6-3-4-10-23-17/h1-12H,13-14H2,(H,26,28)/p+1. The van der Waals surface area contributed by atoms with Crippen LogP contribution >= 0.6 is 0 Å². The van der Waals surface area contributed by atoms with E-state index in [0.717, 1.165) is 28.1 Å². The number of hydrazone groups is 1. The van der Waals surface area contributed by atoms with Gasteiger partial charge in [-0.3, -0.25) is 4.79 Å². The molecule has 30 heavy (non-hydrogen) atoms. The smallest absolute Gasteiger partial charge is 0.306 e. The van der Waals surface area contributed by atoms with Gasteiger partial charge in [-0.15, -0.1) is 0 Å². The molecular formula is C22H18N5O3+. The van der Waals surface area contributed by atoms with E-state index < -0.39 is 0 Å². The summed E-state index contributed by atoms with van der Waals surface area (Å²) in [5.41, 5.74) is 5.97. The summed E-state index contributed by atoms with van der Waals surface area (Å²) in [7, 11) is 0. The van der Waals surface area contributed by atoms with Crippen molar-refractivity contribution in [3.05, 3.63) is 72.4 Å². The first-order chi connectivity index (χ1) is 14.8. The van der Waals surface area contributed by atoms with Crippen LogP contribution in [-0.4, -0.2) is 28.9 Å². The molecule has 2 N–H and O–H groups in total. The molecule has 0 aliphatic carbocycles. The highest BCUT2D eigenvalue weighted by Crippen LogP contribution is 2.31. The van der Waals surface area contributed by atoms with Gasteiger partial charge in [-0.1, -0.05) is 18.2 Å². The second-order valence-electron chi connectivity index (χ2n) is 6.70. The maximum absolute atomic E-state index is 12.6. The van der Waals surface area contributed by atoms with Crippen LogP contribution in [0.25, 0.3) is 22.6 Å². The van der Waals surface area contributed by atoms with Crippen molar-refractivity contribution in [1.29, 1.82) is 0 Å². The first kappa shape index (κ1) is 17.9. The Morgan fingerprint density at radius 1 is 1.13 bits per heavy atom. The number of hydrogen-bond acceptors (Lipinski definition) is 5. The van der Waals surface area contributed by atoms with Crippen molar-refractivity contribution in [3.63, 3.8) is 0 Å². The number of amides is 1. The number of rotatable bonds is 5. The molecule has 0 atom stereocenters. The van der Waals surface area contributed by atoms with Crippen LogP contribution in [-0.2, 0) is 11.3 Å². The zero-order valence-electron chi connectivity index (χ0n) is 15.9. The van der Waals surface area contributed by atoms with Gasteiger partial charge in [0.05, 0.1) is 6.21 Å². The molecule has 3 heterocycles. The number of carbonyl (C=O) groups is 1. The van der Waals surface area contributed by atoms with Crippen molar-refractivity contribution in [2.45, 2.75) is 6.54 Å². The van der Waals surface area contributed by atoms with E-state index in [4.69, 9.17) is 9.47 Å². The van der Waals surface area contributed by atoms with Gasteiger partial charge in [-0.25, -0.2) is 20.0 Å². The number of carbonyl (C=O) groups excluding carboxylic acids is 1. The Labute approximate surface area is 171 Å². The summed E-state index contributed by atoms with van der Waals surface area (Å²) in [4.78, 5) is 20.3. The van der Waals surface area contributed by atoms with Gasteiger partial charge in [0.25, 0.3) is 5.91 Å². The monoisotopic (exact) mass is 400 g/mol. The number of aromatic nitrogens is 3. The van der Waals surface area contributed by atoms with Gasteiger partial charge in [0.2, 0.25) is 6.79 Å². The third-order valence-electron chi connectivity index (χ3n) is 4.73. The minimum atomic E-state index is -0.251. The second-order valence-corrected chi connectivity index (χ2v) is 6.70. The Balaban J connectivity index is 1.36. The molecule has 1 aliphatic rings. The lowest BCUT2D eigenvalue weighted by Gasteiger charge is -2.02. The number of H-pyrrole nitrogens is 1. The molecule has 0 bridgehead atoms. The Kier molecular flexibility index (Phi) is 4.57. The van der Waals surface area contributed by atoms with E-state index >= 15 is 0 Å². The van der Waals surface area contributed by atoms with Crippen molar-refractivity contribution >= 4 is 23.2 Å². The summed E-state index contributed by atoms with van der Waals surface area (Å²) < 4.78 is 12.5. The number of aromatic amines is 1. The van der Waals surface area contributed by atoms with E-state index in [9.17, 15) is 4.79 Å². The Bertz CT molecular complexity index is 1250. The molecular weight excluding hydrogens is 382 g/mol. The summed E-state index contributed by atoms with van der Waals surface area (Å²) in [6.45, 7) is 0.307. The molecule has 5 rings (SSSR count). The van der Waals surface area contributed by atoms with Crippen LogP contribution in [0.4, 0.5) is 0 Å². The summed E-state index contributed by atoms with van der Waals surface area (Å²) in [6, 6.07) is 18.9. The Morgan fingerprint density at radius 2 is 2.00 bits per heavy atom. The third kappa shape index (κ3) is 3.46. The number of ether oxygens (including phenoxy) is 2. The van der Waals surface area contributed by atoms with Crippen molar-refractivity contribution in [3.8, 4) is 23.0 Å². The molecule has 4 aromatic rings. The molecule has 1 amide bonds. The lowest BCUT2D eigenvalue weighted by Crippen LogP contribution is -2.42. The molecule has 0 spiro atoms. The highest BCUT2D eigenvalue weighted by molar-refractivity contribution is 5.83. The Morgan fingerprint density at radius 3 is 2.90 bits per heavy atom. The van der Waals surface area contributed by atoms with Crippen molar-refractivity contribution in [1.82, 2.24) is 15.4 Å². The van der Waals surface area contributed by atoms with Crippen LogP contribution in [0.2, 0.25) is 0 Å². The second kappa shape index (κ2) is 7.67. The molecule has 0 saturated heterocycles. The highest BCUT2D eigenvalue weighted by Gasteiger charge is 2.22. The predicted molar refractivity (Wildman–Crippen MR) is 110 cm³/mol. The van der Waals surface area contributed by atoms with Gasteiger partial charge in [-0.2, -0.15) is 5.10 Å². The van der Waals surface area contributed by atoms with Crippen molar-refractivity contribution < 1.29 is 18.8 Å². The molecule has 148 valence electrons. The summed E-state index contributed by atoms with van der Waals surface area (Å²) >= 11 is 0. The first-order valence-corrected chi connectivity index (χ1v) is 9.41. The van der Waals surface area contributed by atoms with Gasteiger partial charge in [0.15, 0.2) is 34.8 Å². The lowest BCUT2D eigenvalue weighted by molar-refractivity contribution is -0.647. The van der Waals surface area contributed by atoms with Crippen LogP contribution < -0.4 is 19.5 Å². The van der Waals surface area contributed by atoms with Gasteiger partial charge < -0.3 is 9.47 Å². The fourth-order valence-corrected chi connectivity index (χ4v) is 3.35. The molecule has 2 aromatic carbocycles. The summed E-state index contributed by atoms with van der Waals surface area (Å²) in [5.74, 6) is 1.87. The van der Waals surface area contributed by atoms with E-state index in [1.807, 2.05) is 65.2 Å². The molecule has 2 aromatic heterocycles. The van der Waals surface area contributed by atoms with Gasteiger partial charge in [0, 0.05) is 6.20 Å². The lowest BCUT2D eigenvalue weighted by atomic mass is 10.2. The summed E-state index contributed by atoms with van der Waals surface area (Å²) in [5, 5.41) is 4.07. The maximum Gasteiger partial charge on any atom is 0.306 e. The van der Waals surface area contributed by atoms with E-state index in [-0.39, 0.29) is 19.2 Å². The van der Waals surface area contributed by atoms with E-state index in [1.165, 1.54) is 0 Å². The largest absolute Gasteiger partial charge is 0.454 e. The summed E-state index contributed by atoms with van der Waals surface area (Å²) in [6.07, 6.45) is 3.29. The first-order valence-electron chi connectivity index (χ1n) is 9.41. The van der Waals surface area contributed by atoms with Crippen LogP contribution in [0.3, 0.4) is 0 Å². The third-order valence-corrected chi connectivity index (χ3v) is 4.73. The van der Waals surface area contributed by atoms with Crippen LogP contribution in [0.15, 0.2) is 72.0 Å². The van der Waals surface area contributed by atoms with Gasteiger partial charge in [-0.05, 0) is 48.0 Å². The number of benzene rings is 2. The maximum atomic E-state index is 12.6. The number of hydrogen-bond donors (Lipinski definition) is 2. The number of nitrogens with one attached hydrogen (secondary N) is 2. The average molecular weight is 400 g/mol. The minimum absolute atomic E-state index is 0.0917. The van der Waals surface area contributed by atoms with E-state index in [0.29, 0.717) is 11.5 Å². The number of pyridine rings is 1. The zero-order chi connectivity index (χ0) is 20.3. The van der Waals surface area contributed by atoms with Crippen LogP contribution in [0.5, 0.6) is 11.5 Å². The van der Waals surface area contributed by atoms with Crippen LogP contribution in [0.1, 0.15) is 5.56 Å². The molecule has 8 nitrogen and oxygen atoms in total. The minimum Gasteiger partial charge on any atom is -0.454 e. The van der Waals surface area contributed by atoms with Crippen LogP contribution in [0, 0.1) is 0 Å². The van der Waals surface area contributed by atoms with E-state index in [2.05, 4.69) is 20.5 Å². The van der Waals surface area contributed by atoms with Gasteiger partial charge >= 0.3 is 5.82 Å². The number of imidazole rings is 1. The van der Waals surface area contributed by atoms with Gasteiger partial charge in [0.1, 0.15) is 0 Å². The number of fused-ring (bicyclic) bond motifs is 2. The normalized spacial score (nSPS) is 12.5. The topological polar surface area (TPSA) is 92.5 Å². The molecule has 8 heteroatoms. The quantitative estimate of drug-likeness (QED) is 0.306. The zero-order valence-corrected chi connectivity index (χ0v) is 15.9. The highest BCUT2D eigenvalue weighted by atomic mass is 16.7. The number of nitrogens with zero attached hydrogens (tertiary/aromatic N) is 3. The SMILES string of the molecule is O=C(C[n+]1c(-c2ccccn2)[nH]c2ccccc21)NN=Cc1ccc2c(c1)OCO2. The molecule has 0 saturated carbocycles. The molecule has 1 aliphatic heterocycles. The number of para-hydroxylation sites is 2. The fraction of sp³-hybridized carbons (Fsp3) is 0.0909. The predicted octanol–water partition coefficient (Wildman–Crippen LogP) is 2.40. The Hall–Kier alpha value is -4.20.